The molecule has 80 heavy (non-hydrogen) atoms. The SMILES string of the molecule is CC(=O)OC[C@H]1O[C@H](OC2[C@@H](OCc3ccccc3)[C@@H](OCc3ccccc3)C(OCc3ccccc3)[C@@H](OCc3ccccc3)[C@H]2OCc2ccccc2)[C@H](NS(=O)(=O)c2ccc3ccccc3c2)[C@@H](OC(C)=O)[C@@H]1OC(C)=O. The number of fused-ring (bicyclic) bond motifs is 1. The van der Waals surface area contributed by atoms with E-state index in [1.165, 1.54) is 19.1 Å². The summed E-state index contributed by atoms with van der Waals surface area (Å²) in [5.41, 5.74) is 4.15. The molecule has 1 saturated carbocycles. The van der Waals surface area contributed by atoms with Crippen molar-refractivity contribution in [3.8, 4) is 0 Å². The fourth-order valence-electron chi connectivity index (χ4n) is 9.94. The second-order valence-corrected chi connectivity index (χ2v) is 21.3. The monoisotopic (exact) mass is 1110 g/mol. The molecule has 1 N–H and O–H groups in total. The highest BCUT2D eigenvalue weighted by atomic mass is 32.2. The predicted molar refractivity (Wildman–Crippen MR) is 294 cm³/mol. The van der Waals surface area contributed by atoms with Crippen LogP contribution in [0.4, 0.5) is 0 Å². The predicted octanol–water partition coefficient (Wildman–Crippen LogP) is 8.96. The number of carbonyl (C=O) groups excluding carboxylic acids is 3. The van der Waals surface area contributed by atoms with Crippen LogP contribution in [0, 0.1) is 0 Å². The number of nitrogens with one attached hydrogen (secondary N) is 1. The van der Waals surface area contributed by atoms with Gasteiger partial charge in [-0.1, -0.05) is 182 Å². The number of benzene rings is 7. The molecule has 2 fully saturated rings. The van der Waals surface area contributed by atoms with Gasteiger partial charge in [-0.2, -0.15) is 4.72 Å². The number of hydrogen-bond donors (Lipinski definition) is 1. The van der Waals surface area contributed by atoms with Gasteiger partial charge in [-0.3, -0.25) is 14.4 Å². The lowest BCUT2D eigenvalue weighted by Gasteiger charge is -2.52. The van der Waals surface area contributed by atoms with Gasteiger partial charge in [0.05, 0.1) is 37.9 Å². The minimum atomic E-state index is -4.61. The third kappa shape index (κ3) is 15.4. The van der Waals surface area contributed by atoms with Crippen molar-refractivity contribution in [2.24, 2.45) is 0 Å². The second-order valence-electron chi connectivity index (χ2n) is 19.6. The Morgan fingerprint density at radius 2 is 0.787 bits per heavy atom. The summed E-state index contributed by atoms with van der Waals surface area (Å²) in [6, 6.07) is 58.1. The molecule has 0 amide bonds. The summed E-state index contributed by atoms with van der Waals surface area (Å²) in [5, 5.41) is 1.42. The van der Waals surface area contributed by atoms with E-state index in [9.17, 15) is 14.4 Å². The van der Waals surface area contributed by atoms with Crippen LogP contribution in [-0.2, 0) is 105 Å². The molecule has 7 aromatic rings. The van der Waals surface area contributed by atoms with E-state index in [-0.39, 0.29) is 37.9 Å². The number of esters is 3. The zero-order valence-electron chi connectivity index (χ0n) is 44.6. The molecule has 0 spiro atoms. The molecule has 9 rings (SSSR count). The first kappa shape index (κ1) is 57.5. The highest BCUT2D eigenvalue weighted by molar-refractivity contribution is 7.89. The molecule has 2 unspecified atom stereocenters. The average molecular weight is 1110 g/mol. The average Bonchev–Trinajstić information content (AvgIpc) is 3.52. The molecule has 418 valence electrons. The van der Waals surface area contributed by atoms with Crippen molar-refractivity contribution < 1.29 is 70.2 Å². The lowest BCUT2D eigenvalue weighted by molar-refractivity contribution is -0.339. The Bertz CT molecular complexity index is 3100. The molecule has 0 bridgehead atoms. The maximum Gasteiger partial charge on any atom is 0.303 e. The highest BCUT2D eigenvalue weighted by Crippen LogP contribution is 2.39. The fraction of sp³-hybridized carbons (Fsp3) is 0.317. The van der Waals surface area contributed by atoms with Crippen LogP contribution in [0.25, 0.3) is 10.8 Å². The third-order valence-electron chi connectivity index (χ3n) is 13.7. The van der Waals surface area contributed by atoms with Crippen molar-refractivity contribution in [3.63, 3.8) is 0 Å². The van der Waals surface area contributed by atoms with Crippen LogP contribution in [0.5, 0.6) is 0 Å². The van der Waals surface area contributed by atoms with E-state index >= 15 is 8.42 Å². The Kier molecular flexibility index (Phi) is 20.0. The van der Waals surface area contributed by atoms with E-state index in [2.05, 4.69) is 4.72 Å². The summed E-state index contributed by atoms with van der Waals surface area (Å²) >= 11 is 0. The Balaban J connectivity index is 1.23. The molecule has 1 saturated heterocycles. The maximum atomic E-state index is 15.0. The van der Waals surface area contributed by atoms with Crippen LogP contribution in [0.1, 0.15) is 48.6 Å². The van der Waals surface area contributed by atoms with Gasteiger partial charge in [0.2, 0.25) is 10.0 Å². The van der Waals surface area contributed by atoms with Gasteiger partial charge in [-0.15, -0.1) is 0 Å². The minimum Gasteiger partial charge on any atom is -0.463 e. The summed E-state index contributed by atoms with van der Waals surface area (Å²) in [6.45, 7) is 3.23. The normalized spacial score (nSPS) is 23.9. The molecule has 1 aliphatic carbocycles. The van der Waals surface area contributed by atoms with E-state index in [4.69, 9.17) is 47.4 Å². The molecule has 7 aromatic carbocycles. The largest absolute Gasteiger partial charge is 0.463 e. The molecular formula is C63H65NO15S. The smallest absolute Gasteiger partial charge is 0.303 e. The second kappa shape index (κ2) is 27.8. The Morgan fingerprint density at radius 3 is 1.18 bits per heavy atom. The van der Waals surface area contributed by atoms with Crippen LogP contribution in [-0.4, -0.2) is 100 Å². The first-order valence-corrected chi connectivity index (χ1v) is 27.9. The summed E-state index contributed by atoms with van der Waals surface area (Å²) < 4.78 is 99.9. The Labute approximate surface area is 466 Å². The fourth-order valence-corrected chi connectivity index (χ4v) is 11.2. The number of hydrogen-bond acceptors (Lipinski definition) is 15. The maximum absolute atomic E-state index is 15.0. The van der Waals surface area contributed by atoms with Crippen molar-refractivity contribution in [1.82, 2.24) is 4.72 Å². The lowest BCUT2D eigenvalue weighted by Crippen LogP contribution is -2.71. The number of ether oxygens (including phenoxy) is 10. The van der Waals surface area contributed by atoms with Gasteiger partial charge in [0, 0.05) is 20.8 Å². The summed E-state index contributed by atoms with van der Waals surface area (Å²) in [5.74, 6) is -2.39. The Morgan fingerprint density at radius 1 is 0.425 bits per heavy atom. The van der Waals surface area contributed by atoms with Gasteiger partial charge in [-0.25, -0.2) is 8.42 Å². The first-order chi connectivity index (χ1) is 38.9. The third-order valence-corrected chi connectivity index (χ3v) is 15.1. The lowest BCUT2D eigenvalue weighted by atomic mass is 9.83. The van der Waals surface area contributed by atoms with Crippen molar-refractivity contribution in [2.45, 2.75) is 126 Å². The zero-order valence-corrected chi connectivity index (χ0v) is 45.4. The molecule has 16 nitrogen and oxygen atoms in total. The molecule has 11 atom stereocenters. The van der Waals surface area contributed by atoms with Crippen LogP contribution >= 0.6 is 0 Å². The van der Waals surface area contributed by atoms with Crippen LogP contribution in [0.3, 0.4) is 0 Å². The van der Waals surface area contributed by atoms with E-state index in [0.717, 1.165) is 47.1 Å². The van der Waals surface area contributed by atoms with Crippen LogP contribution in [0.15, 0.2) is 199 Å². The quantitative estimate of drug-likeness (QED) is 0.0446. The summed E-state index contributed by atoms with van der Waals surface area (Å²) in [6.07, 6.45) is -13.1. The molecular weight excluding hydrogens is 1040 g/mol. The minimum absolute atomic E-state index is 0.0200. The van der Waals surface area contributed by atoms with Gasteiger partial charge >= 0.3 is 17.9 Å². The van der Waals surface area contributed by atoms with Crippen molar-refractivity contribution in [2.75, 3.05) is 6.61 Å². The van der Waals surface area contributed by atoms with E-state index in [1.54, 1.807) is 18.2 Å². The van der Waals surface area contributed by atoms with E-state index in [1.807, 2.05) is 164 Å². The molecule has 0 aromatic heterocycles. The number of rotatable bonds is 24. The van der Waals surface area contributed by atoms with Crippen molar-refractivity contribution in [3.05, 3.63) is 222 Å². The van der Waals surface area contributed by atoms with Crippen LogP contribution < -0.4 is 4.72 Å². The summed E-state index contributed by atoms with van der Waals surface area (Å²) in [4.78, 5) is 38.8. The van der Waals surface area contributed by atoms with Gasteiger partial charge < -0.3 is 47.4 Å². The van der Waals surface area contributed by atoms with E-state index < -0.39 is 102 Å². The van der Waals surface area contributed by atoms with E-state index in [0.29, 0.717) is 5.39 Å². The molecule has 1 aliphatic heterocycles. The highest BCUT2D eigenvalue weighted by Gasteiger charge is 2.59. The first-order valence-electron chi connectivity index (χ1n) is 26.5. The van der Waals surface area contributed by atoms with Crippen molar-refractivity contribution in [1.29, 1.82) is 0 Å². The number of sulfonamides is 1. The standard InChI is InChI=1S/C63H65NO15S/c1-42(65)70-41-53-55(76-43(2)66)56(77-44(3)67)54(64-80(68,69)52-34-33-50-31-19-20-32-51(50)35-52)63(78-53)79-62-60(74-39-48-27-15-7-16-28-48)58(72-37-46-23-11-5-12-24-46)57(71-36-45-21-9-4-10-22-45)59(73-38-47-25-13-6-14-26-47)61(62)75-40-49-29-17-8-18-30-49/h4-35,53-64H,36-41H2,1-3H3/t53-,54-,55-,56-,57?,58-,59+,60-,61+,62?,63-/m1/s1. The number of carbonyl (C=O) groups is 3. The summed E-state index contributed by atoms with van der Waals surface area (Å²) in [7, 11) is -4.61. The van der Waals surface area contributed by atoms with Crippen LogP contribution in [0.2, 0.25) is 0 Å². The zero-order chi connectivity index (χ0) is 55.8. The van der Waals surface area contributed by atoms with Gasteiger partial charge in [0.1, 0.15) is 55.4 Å². The van der Waals surface area contributed by atoms with Gasteiger partial charge in [-0.05, 0) is 50.7 Å². The molecule has 2 aliphatic rings. The Hall–Kier alpha value is -7.16. The molecule has 1 heterocycles. The molecule has 17 heteroatoms. The molecule has 0 radical (unpaired) electrons. The van der Waals surface area contributed by atoms with Gasteiger partial charge in [0.25, 0.3) is 0 Å². The van der Waals surface area contributed by atoms with Crippen molar-refractivity contribution >= 4 is 38.7 Å². The van der Waals surface area contributed by atoms with Gasteiger partial charge in [0.15, 0.2) is 18.5 Å². The topological polar surface area (TPSA) is 190 Å².